The van der Waals surface area contributed by atoms with Gasteiger partial charge in [0.1, 0.15) is 13.2 Å². The molecular weight excluding hydrogens is 218 g/mol. The van der Waals surface area contributed by atoms with Crippen LogP contribution in [0.1, 0.15) is 12.8 Å². The minimum absolute atomic E-state index is 0.217. The van der Waals surface area contributed by atoms with Crippen molar-refractivity contribution in [1.29, 1.82) is 0 Å². The maximum atomic E-state index is 9.34. The summed E-state index contributed by atoms with van der Waals surface area (Å²) in [5.74, 6) is 1.64. The fourth-order valence-electron chi connectivity index (χ4n) is 2.58. The maximum absolute atomic E-state index is 9.34. The van der Waals surface area contributed by atoms with Gasteiger partial charge in [0, 0.05) is 18.3 Å². The lowest BCUT2D eigenvalue weighted by molar-refractivity contribution is 0.171. The van der Waals surface area contributed by atoms with Gasteiger partial charge >= 0.3 is 0 Å². The first-order valence-electron chi connectivity index (χ1n) is 6.15. The Balaban J connectivity index is 1.88. The van der Waals surface area contributed by atoms with E-state index in [2.05, 4.69) is 4.90 Å². The number of anilines is 1. The van der Waals surface area contributed by atoms with Crippen molar-refractivity contribution in [3.63, 3.8) is 0 Å². The number of rotatable bonds is 2. The molecule has 1 N–H and O–H groups in total. The van der Waals surface area contributed by atoms with E-state index < -0.39 is 0 Å². The van der Waals surface area contributed by atoms with Crippen molar-refractivity contribution in [2.75, 3.05) is 31.3 Å². The van der Waals surface area contributed by atoms with Gasteiger partial charge in [0.15, 0.2) is 11.5 Å². The van der Waals surface area contributed by atoms with E-state index in [4.69, 9.17) is 9.47 Å². The van der Waals surface area contributed by atoms with Gasteiger partial charge in [-0.05, 0) is 25.0 Å². The second-order valence-corrected chi connectivity index (χ2v) is 4.50. The molecule has 1 aromatic rings. The molecule has 0 bridgehead atoms. The van der Waals surface area contributed by atoms with Crippen LogP contribution in [-0.2, 0) is 0 Å². The lowest BCUT2D eigenvalue weighted by Gasteiger charge is -2.27. The second-order valence-electron chi connectivity index (χ2n) is 4.50. The average Bonchev–Trinajstić information content (AvgIpc) is 2.86. The lowest BCUT2D eigenvalue weighted by atomic mass is 10.2. The Bertz CT molecular complexity index is 408. The standard InChI is InChI=1S/C13H17NO3/c15-9-11-2-1-5-14(11)10-3-4-12-13(8-10)17-7-6-16-12/h3-4,8,11,15H,1-2,5-7,9H2. The average molecular weight is 235 g/mol. The van der Waals surface area contributed by atoms with Crippen LogP contribution >= 0.6 is 0 Å². The van der Waals surface area contributed by atoms with Crippen LogP contribution in [0.2, 0.25) is 0 Å². The van der Waals surface area contributed by atoms with Crippen molar-refractivity contribution >= 4 is 5.69 Å². The van der Waals surface area contributed by atoms with Crippen LogP contribution in [0.5, 0.6) is 11.5 Å². The minimum atomic E-state index is 0.217. The Hall–Kier alpha value is -1.42. The van der Waals surface area contributed by atoms with E-state index >= 15 is 0 Å². The summed E-state index contributed by atoms with van der Waals surface area (Å²) >= 11 is 0. The largest absolute Gasteiger partial charge is 0.486 e. The molecule has 3 rings (SSSR count). The van der Waals surface area contributed by atoms with E-state index in [9.17, 15) is 5.11 Å². The molecule has 1 unspecified atom stereocenters. The Morgan fingerprint density at radius 1 is 1.24 bits per heavy atom. The number of aliphatic hydroxyl groups excluding tert-OH is 1. The molecule has 2 heterocycles. The van der Waals surface area contributed by atoms with Crippen LogP contribution in [0.15, 0.2) is 18.2 Å². The summed E-state index contributed by atoms with van der Waals surface area (Å²) in [6, 6.07) is 6.26. The highest BCUT2D eigenvalue weighted by Crippen LogP contribution is 2.36. The van der Waals surface area contributed by atoms with Crippen LogP contribution < -0.4 is 14.4 Å². The lowest BCUT2D eigenvalue weighted by Crippen LogP contribution is -2.32. The molecule has 92 valence electrons. The molecule has 4 heteroatoms. The van der Waals surface area contributed by atoms with Crippen molar-refractivity contribution < 1.29 is 14.6 Å². The molecule has 0 amide bonds. The zero-order chi connectivity index (χ0) is 11.7. The molecule has 0 aromatic heterocycles. The number of benzene rings is 1. The first-order valence-corrected chi connectivity index (χ1v) is 6.15. The van der Waals surface area contributed by atoms with Crippen molar-refractivity contribution in [3.05, 3.63) is 18.2 Å². The second kappa shape index (κ2) is 4.45. The van der Waals surface area contributed by atoms with E-state index in [1.54, 1.807) is 0 Å². The summed E-state index contributed by atoms with van der Waals surface area (Å²) in [5, 5.41) is 9.34. The highest BCUT2D eigenvalue weighted by Gasteiger charge is 2.25. The number of nitrogens with zero attached hydrogens (tertiary/aromatic N) is 1. The van der Waals surface area contributed by atoms with Crippen LogP contribution in [-0.4, -0.2) is 37.5 Å². The van der Waals surface area contributed by atoms with Crippen molar-refractivity contribution in [1.82, 2.24) is 0 Å². The smallest absolute Gasteiger partial charge is 0.163 e. The van der Waals surface area contributed by atoms with Gasteiger partial charge in [-0.3, -0.25) is 0 Å². The van der Waals surface area contributed by atoms with Gasteiger partial charge in [-0.25, -0.2) is 0 Å². The number of hydrogen-bond donors (Lipinski definition) is 1. The summed E-state index contributed by atoms with van der Waals surface area (Å²) in [6.07, 6.45) is 2.20. The Labute approximate surface area is 101 Å². The normalized spacial score (nSPS) is 22.9. The fourth-order valence-corrected chi connectivity index (χ4v) is 2.58. The van der Waals surface area contributed by atoms with Gasteiger partial charge < -0.3 is 19.5 Å². The molecule has 1 aromatic carbocycles. The quantitative estimate of drug-likeness (QED) is 0.841. The molecule has 0 saturated carbocycles. The molecule has 1 atom stereocenters. The van der Waals surface area contributed by atoms with Gasteiger partial charge in [0.25, 0.3) is 0 Å². The summed E-state index contributed by atoms with van der Waals surface area (Å²) < 4.78 is 11.1. The van der Waals surface area contributed by atoms with E-state index in [1.807, 2.05) is 18.2 Å². The molecule has 0 spiro atoms. The van der Waals surface area contributed by atoms with Crippen molar-refractivity contribution in [2.45, 2.75) is 18.9 Å². The third kappa shape index (κ3) is 1.93. The van der Waals surface area contributed by atoms with Gasteiger partial charge in [-0.15, -0.1) is 0 Å². The Morgan fingerprint density at radius 3 is 2.88 bits per heavy atom. The van der Waals surface area contributed by atoms with Crippen LogP contribution in [0.4, 0.5) is 5.69 Å². The summed E-state index contributed by atoms with van der Waals surface area (Å²) in [6.45, 7) is 2.45. The van der Waals surface area contributed by atoms with Crippen LogP contribution in [0.3, 0.4) is 0 Å². The molecule has 0 aliphatic carbocycles. The SMILES string of the molecule is OCC1CCCN1c1ccc2c(c1)OCCO2. The molecule has 1 fully saturated rings. The number of hydrogen-bond acceptors (Lipinski definition) is 4. The van der Waals surface area contributed by atoms with Gasteiger partial charge in [-0.2, -0.15) is 0 Å². The van der Waals surface area contributed by atoms with E-state index in [0.717, 1.165) is 36.6 Å². The highest BCUT2D eigenvalue weighted by molar-refractivity contribution is 5.57. The topological polar surface area (TPSA) is 41.9 Å². The minimum Gasteiger partial charge on any atom is -0.486 e. The molecule has 0 radical (unpaired) electrons. The third-order valence-electron chi connectivity index (χ3n) is 3.45. The monoisotopic (exact) mass is 235 g/mol. The summed E-state index contributed by atoms with van der Waals surface area (Å²) in [7, 11) is 0. The maximum Gasteiger partial charge on any atom is 0.163 e. The van der Waals surface area contributed by atoms with Gasteiger partial charge in [0.05, 0.1) is 12.6 Å². The molecule has 2 aliphatic rings. The first kappa shape index (κ1) is 10.7. The molecule has 17 heavy (non-hydrogen) atoms. The molecule has 2 aliphatic heterocycles. The summed E-state index contributed by atoms with van der Waals surface area (Å²) in [5.41, 5.74) is 1.12. The predicted octanol–water partition coefficient (Wildman–Crippen LogP) is 1.42. The predicted molar refractivity (Wildman–Crippen MR) is 64.9 cm³/mol. The zero-order valence-corrected chi connectivity index (χ0v) is 9.76. The Morgan fingerprint density at radius 2 is 2.06 bits per heavy atom. The summed E-state index contributed by atoms with van der Waals surface area (Å²) in [4.78, 5) is 2.25. The number of fused-ring (bicyclic) bond motifs is 1. The highest BCUT2D eigenvalue weighted by atomic mass is 16.6. The van der Waals surface area contributed by atoms with Crippen LogP contribution in [0, 0.1) is 0 Å². The zero-order valence-electron chi connectivity index (χ0n) is 9.76. The van der Waals surface area contributed by atoms with Crippen molar-refractivity contribution in [2.24, 2.45) is 0 Å². The van der Waals surface area contributed by atoms with E-state index in [0.29, 0.717) is 13.2 Å². The molecule has 1 saturated heterocycles. The third-order valence-corrected chi connectivity index (χ3v) is 3.45. The van der Waals surface area contributed by atoms with E-state index in [1.165, 1.54) is 0 Å². The first-order chi connectivity index (χ1) is 8.38. The Kier molecular flexibility index (Phi) is 2.81. The van der Waals surface area contributed by atoms with Crippen LogP contribution in [0.25, 0.3) is 0 Å². The fraction of sp³-hybridized carbons (Fsp3) is 0.538. The van der Waals surface area contributed by atoms with Gasteiger partial charge in [0.2, 0.25) is 0 Å². The number of ether oxygens (including phenoxy) is 2. The van der Waals surface area contributed by atoms with Crippen molar-refractivity contribution in [3.8, 4) is 11.5 Å². The molecule has 4 nitrogen and oxygen atoms in total. The number of aliphatic hydroxyl groups is 1. The van der Waals surface area contributed by atoms with E-state index in [-0.39, 0.29) is 12.6 Å². The molecular formula is C13H17NO3. The van der Waals surface area contributed by atoms with Gasteiger partial charge in [-0.1, -0.05) is 0 Å².